The minimum absolute atomic E-state index is 0.0627. The number of thiophene rings is 1. The fourth-order valence-corrected chi connectivity index (χ4v) is 2.59. The molecule has 2 amide bonds. The molecule has 0 saturated carbocycles. The van der Waals surface area contributed by atoms with E-state index in [0.717, 1.165) is 4.88 Å². The first-order valence-corrected chi connectivity index (χ1v) is 6.43. The number of likely N-dealkylation sites (tertiary alicyclic amines) is 1. The Kier molecular flexibility index (Phi) is 3.83. The van der Waals surface area contributed by atoms with Crippen LogP contribution in [-0.4, -0.2) is 45.8 Å². The van der Waals surface area contributed by atoms with Crippen molar-refractivity contribution in [3.05, 3.63) is 22.4 Å². The number of nitrogens with zero attached hydrogens (tertiary/aromatic N) is 1. The van der Waals surface area contributed by atoms with Crippen molar-refractivity contribution in [2.24, 2.45) is 0 Å². The molecule has 0 spiro atoms. The summed E-state index contributed by atoms with van der Waals surface area (Å²) in [7, 11) is 0. The minimum atomic E-state index is -1.09. The zero-order valence-electron chi connectivity index (χ0n) is 9.57. The molecule has 0 aliphatic carbocycles. The number of hydrogen-bond donors (Lipinski definition) is 3. The average Bonchev–Trinajstić information content (AvgIpc) is 2.94. The maximum absolute atomic E-state index is 11.8. The quantitative estimate of drug-likeness (QED) is 0.745. The molecule has 18 heavy (non-hydrogen) atoms. The lowest BCUT2D eigenvalue weighted by molar-refractivity contribution is -0.141. The van der Waals surface area contributed by atoms with Gasteiger partial charge < -0.3 is 20.4 Å². The minimum Gasteiger partial charge on any atom is -0.480 e. The Hall–Kier alpha value is -1.60. The van der Waals surface area contributed by atoms with Gasteiger partial charge in [0, 0.05) is 17.8 Å². The van der Waals surface area contributed by atoms with Crippen LogP contribution in [0.2, 0.25) is 0 Å². The SMILES string of the molecule is O=C(O)[C@@H]1C[C@@H](O)CN1C(=O)NCc1cccs1. The van der Waals surface area contributed by atoms with Crippen molar-refractivity contribution in [3.63, 3.8) is 0 Å². The van der Waals surface area contributed by atoms with Gasteiger partial charge in [0.2, 0.25) is 0 Å². The van der Waals surface area contributed by atoms with E-state index in [1.165, 1.54) is 16.2 Å². The van der Waals surface area contributed by atoms with Crippen molar-refractivity contribution in [2.45, 2.75) is 25.1 Å². The molecule has 7 heteroatoms. The summed E-state index contributed by atoms with van der Waals surface area (Å²) < 4.78 is 0. The Morgan fingerprint density at radius 2 is 2.33 bits per heavy atom. The Balaban J connectivity index is 1.93. The zero-order chi connectivity index (χ0) is 13.1. The molecule has 1 aliphatic heterocycles. The van der Waals surface area contributed by atoms with E-state index in [2.05, 4.69) is 5.32 Å². The van der Waals surface area contributed by atoms with E-state index < -0.39 is 24.1 Å². The van der Waals surface area contributed by atoms with Gasteiger partial charge in [-0.2, -0.15) is 0 Å². The van der Waals surface area contributed by atoms with Crippen molar-refractivity contribution >= 4 is 23.3 Å². The van der Waals surface area contributed by atoms with Crippen molar-refractivity contribution in [2.75, 3.05) is 6.54 Å². The highest BCUT2D eigenvalue weighted by Gasteiger charge is 2.38. The van der Waals surface area contributed by atoms with Gasteiger partial charge in [0.15, 0.2) is 0 Å². The summed E-state index contributed by atoms with van der Waals surface area (Å²) >= 11 is 1.52. The Morgan fingerprint density at radius 3 is 2.94 bits per heavy atom. The van der Waals surface area contributed by atoms with E-state index in [1.807, 2.05) is 17.5 Å². The fraction of sp³-hybridized carbons (Fsp3) is 0.455. The lowest BCUT2D eigenvalue weighted by atomic mass is 10.2. The van der Waals surface area contributed by atoms with E-state index in [4.69, 9.17) is 5.11 Å². The number of β-amino-alcohol motifs (C(OH)–C–C–N with tert-alkyl or cyclic N) is 1. The van der Waals surface area contributed by atoms with Gasteiger partial charge in [0.05, 0.1) is 12.6 Å². The van der Waals surface area contributed by atoms with Crippen molar-refractivity contribution in [3.8, 4) is 0 Å². The van der Waals surface area contributed by atoms with Gasteiger partial charge in [-0.1, -0.05) is 6.07 Å². The molecule has 6 nitrogen and oxygen atoms in total. The van der Waals surface area contributed by atoms with Crippen LogP contribution in [0, 0.1) is 0 Å². The number of rotatable bonds is 3. The molecule has 2 heterocycles. The van der Waals surface area contributed by atoms with Crippen LogP contribution in [0.5, 0.6) is 0 Å². The van der Waals surface area contributed by atoms with Gasteiger partial charge >= 0.3 is 12.0 Å². The first-order valence-electron chi connectivity index (χ1n) is 5.55. The first kappa shape index (κ1) is 12.8. The first-order chi connectivity index (χ1) is 8.58. The van der Waals surface area contributed by atoms with Crippen LogP contribution in [0.25, 0.3) is 0 Å². The van der Waals surface area contributed by atoms with Gasteiger partial charge in [0.1, 0.15) is 6.04 Å². The predicted molar refractivity (Wildman–Crippen MR) is 65.3 cm³/mol. The summed E-state index contributed by atoms with van der Waals surface area (Å²) in [5.41, 5.74) is 0. The molecular weight excluding hydrogens is 256 g/mol. The summed E-state index contributed by atoms with van der Waals surface area (Å²) in [6, 6.07) is 2.38. The number of carboxylic acid groups (broad SMARTS) is 1. The molecule has 0 unspecified atom stereocenters. The van der Waals surface area contributed by atoms with Crippen LogP contribution in [0.15, 0.2) is 17.5 Å². The molecular formula is C11H14N2O4S. The highest BCUT2D eigenvalue weighted by molar-refractivity contribution is 7.09. The van der Waals surface area contributed by atoms with E-state index in [-0.39, 0.29) is 13.0 Å². The van der Waals surface area contributed by atoms with Crippen molar-refractivity contribution < 1.29 is 19.8 Å². The Morgan fingerprint density at radius 1 is 1.56 bits per heavy atom. The van der Waals surface area contributed by atoms with Crippen LogP contribution in [0.4, 0.5) is 4.79 Å². The van der Waals surface area contributed by atoms with Crippen LogP contribution in [0.3, 0.4) is 0 Å². The topological polar surface area (TPSA) is 89.9 Å². The number of nitrogens with one attached hydrogen (secondary N) is 1. The number of urea groups is 1. The van der Waals surface area contributed by atoms with Gasteiger partial charge in [-0.25, -0.2) is 9.59 Å². The summed E-state index contributed by atoms with van der Waals surface area (Å²) in [6.07, 6.45) is -0.680. The van der Waals surface area contributed by atoms with Gasteiger partial charge in [-0.15, -0.1) is 11.3 Å². The molecule has 0 radical (unpaired) electrons. The fourth-order valence-electron chi connectivity index (χ4n) is 1.95. The second-order valence-corrected chi connectivity index (χ2v) is 5.17. The van der Waals surface area contributed by atoms with Gasteiger partial charge in [-0.05, 0) is 11.4 Å². The molecule has 1 fully saturated rings. The number of carbonyl (C=O) groups excluding carboxylic acids is 1. The predicted octanol–water partition coefficient (Wildman–Crippen LogP) is 0.478. The summed E-state index contributed by atoms with van der Waals surface area (Å²) in [5.74, 6) is -1.09. The smallest absolute Gasteiger partial charge is 0.326 e. The number of aliphatic hydroxyl groups excluding tert-OH is 1. The van der Waals surface area contributed by atoms with Crippen LogP contribution >= 0.6 is 11.3 Å². The van der Waals surface area contributed by atoms with Crippen molar-refractivity contribution in [1.29, 1.82) is 0 Å². The lowest BCUT2D eigenvalue weighted by Gasteiger charge is -2.21. The molecule has 0 aromatic carbocycles. The largest absolute Gasteiger partial charge is 0.480 e. The molecule has 3 N–H and O–H groups in total. The van der Waals surface area contributed by atoms with E-state index in [0.29, 0.717) is 6.54 Å². The maximum Gasteiger partial charge on any atom is 0.326 e. The standard InChI is InChI=1S/C11H14N2O4S/c14-7-4-9(10(15)16)13(6-7)11(17)12-5-8-2-1-3-18-8/h1-3,7,9,14H,4-6H2,(H,12,17)(H,15,16)/t7-,9+/m1/s1. The normalized spacial score (nSPS) is 23.1. The second kappa shape index (κ2) is 5.36. The van der Waals surface area contributed by atoms with E-state index in [9.17, 15) is 14.7 Å². The highest BCUT2D eigenvalue weighted by atomic mass is 32.1. The monoisotopic (exact) mass is 270 g/mol. The summed E-state index contributed by atoms with van der Waals surface area (Å²) in [6.45, 7) is 0.433. The molecule has 0 bridgehead atoms. The summed E-state index contributed by atoms with van der Waals surface area (Å²) in [5, 5.41) is 23.0. The molecule has 1 aliphatic rings. The van der Waals surface area contributed by atoms with E-state index >= 15 is 0 Å². The molecule has 98 valence electrons. The van der Waals surface area contributed by atoms with Crippen LogP contribution in [0.1, 0.15) is 11.3 Å². The molecule has 2 atom stereocenters. The number of amides is 2. The third kappa shape index (κ3) is 2.80. The number of aliphatic hydroxyl groups is 1. The molecule has 1 saturated heterocycles. The summed E-state index contributed by atoms with van der Waals surface area (Å²) in [4.78, 5) is 25.0. The highest BCUT2D eigenvalue weighted by Crippen LogP contribution is 2.18. The van der Waals surface area contributed by atoms with Crippen molar-refractivity contribution in [1.82, 2.24) is 10.2 Å². The van der Waals surface area contributed by atoms with Gasteiger partial charge in [-0.3, -0.25) is 0 Å². The molecule has 1 aromatic rings. The maximum atomic E-state index is 11.8. The lowest BCUT2D eigenvalue weighted by Crippen LogP contribution is -2.45. The van der Waals surface area contributed by atoms with Gasteiger partial charge in [0.25, 0.3) is 0 Å². The Labute approximate surface area is 108 Å². The molecule has 2 rings (SSSR count). The number of carboxylic acids is 1. The molecule has 1 aromatic heterocycles. The third-order valence-electron chi connectivity index (χ3n) is 2.82. The third-order valence-corrected chi connectivity index (χ3v) is 3.70. The van der Waals surface area contributed by atoms with E-state index in [1.54, 1.807) is 0 Å². The number of hydrogen-bond acceptors (Lipinski definition) is 4. The second-order valence-electron chi connectivity index (χ2n) is 4.13. The average molecular weight is 270 g/mol. The number of aliphatic carboxylic acids is 1. The van der Waals surface area contributed by atoms with Crippen LogP contribution in [-0.2, 0) is 11.3 Å². The Bertz CT molecular complexity index is 434. The zero-order valence-corrected chi connectivity index (χ0v) is 10.4. The number of carbonyl (C=O) groups is 2. The van der Waals surface area contributed by atoms with Crippen LogP contribution < -0.4 is 5.32 Å².